The summed E-state index contributed by atoms with van der Waals surface area (Å²) in [6.07, 6.45) is 66.1. The number of unbranched alkanes of at least 4 members (excludes halogenated alkanes) is 28. The molecular formula is C54H96O5. The Kier molecular flexibility index (Phi) is 47.9. The fraction of sp³-hybridized carbons (Fsp3) is 0.778. The summed E-state index contributed by atoms with van der Waals surface area (Å²) >= 11 is 0. The van der Waals surface area contributed by atoms with Crippen LogP contribution in [-0.4, -0.2) is 36.4 Å². The van der Waals surface area contributed by atoms with Crippen LogP contribution in [0.3, 0.4) is 0 Å². The highest BCUT2D eigenvalue weighted by molar-refractivity contribution is 5.70. The van der Waals surface area contributed by atoms with Crippen LogP contribution in [0.15, 0.2) is 60.8 Å². The normalized spacial score (nSPS) is 12.7. The first-order chi connectivity index (χ1) is 29.1. The van der Waals surface area contributed by atoms with Crippen LogP contribution in [0.2, 0.25) is 0 Å². The van der Waals surface area contributed by atoms with Crippen molar-refractivity contribution < 1.29 is 24.2 Å². The van der Waals surface area contributed by atoms with Gasteiger partial charge in [-0.15, -0.1) is 0 Å². The summed E-state index contributed by atoms with van der Waals surface area (Å²) in [6, 6.07) is 0. The van der Waals surface area contributed by atoms with Gasteiger partial charge in [-0.25, -0.2) is 0 Å². The van der Waals surface area contributed by atoms with Crippen LogP contribution in [0, 0.1) is 0 Å². The summed E-state index contributed by atoms with van der Waals surface area (Å²) in [5, 5.41) is 9.61. The van der Waals surface area contributed by atoms with Crippen LogP contribution in [0.1, 0.15) is 251 Å². The highest BCUT2D eigenvalue weighted by Gasteiger charge is 2.16. The van der Waals surface area contributed by atoms with Gasteiger partial charge in [0.05, 0.1) is 6.61 Å². The van der Waals surface area contributed by atoms with Gasteiger partial charge < -0.3 is 14.6 Å². The van der Waals surface area contributed by atoms with E-state index in [9.17, 15) is 14.7 Å². The second kappa shape index (κ2) is 50.0. The van der Waals surface area contributed by atoms with Gasteiger partial charge in [-0.1, -0.05) is 222 Å². The number of ether oxygens (including phenoxy) is 2. The molecule has 0 saturated heterocycles. The Morgan fingerprint density at radius 1 is 0.407 bits per heavy atom. The maximum absolute atomic E-state index is 12.3. The van der Waals surface area contributed by atoms with Crippen LogP contribution in [-0.2, 0) is 19.1 Å². The molecule has 0 heterocycles. The molecule has 5 heteroatoms. The first kappa shape index (κ1) is 56.6. The molecular weight excluding hydrogens is 729 g/mol. The van der Waals surface area contributed by atoms with Crippen LogP contribution in [0.5, 0.6) is 0 Å². The van der Waals surface area contributed by atoms with E-state index in [2.05, 4.69) is 74.6 Å². The number of aliphatic hydroxyl groups excluding tert-OH is 1. The molecule has 0 aliphatic rings. The van der Waals surface area contributed by atoms with E-state index in [4.69, 9.17) is 9.47 Å². The molecule has 0 aromatic heterocycles. The van der Waals surface area contributed by atoms with Crippen LogP contribution in [0.25, 0.3) is 0 Å². The molecule has 0 rings (SSSR count). The second-order valence-electron chi connectivity index (χ2n) is 16.9. The van der Waals surface area contributed by atoms with Gasteiger partial charge in [-0.3, -0.25) is 9.59 Å². The number of rotatable bonds is 46. The summed E-state index contributed by atoms with van der Waals surface area (Å²) in [6.45, 7) is 4.03. The number of esters is 2. The molecule has 0 aromatic carbocycles. The zero-order chi connectivity index (χ0) is 42.8. The van der Waals surface area contributed by atoms with Crippen molar-refractivity contribution >= 4 is 11.9 Å². The minimum atomic E-state index is -0.774. The highest BCUT2D eigenvalue weighted by Crippen LogP contribution is 2.16. The van der Waals surface area contributed by atoms with Crippen LogP contribution in [0.4, 0.5) is 0 Å². The first-order valence-corrected chi connectivity index (χ1v) is 25.3. The average molecular weight is 825 g/mol. The highest BCUT2D eigenvalue weighted by atomic mass is 16.6. The Morgan fingerprint density at radius 3 is 1.12 bits per heavy atom. The molecule has 0 radical (unpaired) electrons. The van der Waals surface area contributed by atoms with Crippen molar-refractivity contribution in [3.63, 3.8) is 0 Å². The zero-order valence-corrected chi connectivity index (χ0v) is 39.0. The Bertz CT molecular complexity index is 1020. The SMILES string of the molecule is CC/C=C\C/C=C\C/C=C\C/C=C\CCCCCCCCCCCCCCCCCCCCC(=O)OC(CO)COC(=O)CCCCCCC/C=C\CCCCCCC. The van der Waals surface area contributed by atoms with E-state index in [1.807, 2.05) is 0 Å². The number of carbonyl (C=O) groups excluding carboxylic acids is 2. The van der Waals surface area contributed by atoms with Crippen molar-refractivity contribution in [2.45, 2.75) is 258 Å². The molecule has 1 atom stereocenters. The maximum atomic E-state index is 12.3. The summed E-state index contributed by atoms with van der Waals surface area (Å²) in [5.41, 5.74) is 0. The lowest BCUT2D eigenvalue weighted by molar-refractivity contribution is -0.161. The van der Waals surface area contributed by atoms with Crippen molar-refractivity contribution in [2.75, 3.05) is 13.2 Å². The third-order valence-electron chi connectivity index (χ3n) is 11.0. The van der Waals surface area contributed by atoms with E-state index in [1.165, 1.54) is 154 Å². The molecule has 342 valence electrons. The quantitative estimate of drug-likeness (QED) is 0.0376. The lowest BCUT2D eigenvalue weighted by Gasteiger charge is -2.15. The Hall–Kier alpha value is -2.40. The van der Waals surface area contributed by atoms with Gasteiger partial charge in [0.15, 0.2) is 6.10 Å². The summed E-state index contributed by atoms with van der Waals surface area (Å²) in [5.74, 6) is -0.593. The second-order valence-corrected chi connectivity index (χ2v) is 16.9. The van der Waals surface area contributed by atoms with Gasteiger partial charge in [0.1, 0.15) is 6.61 Å². The van der Waals surface area contributed by atoms with E-state index in [0.29, 0.717) is 12.8 Å². The lowest BCUT2D eigenvalue weighted by Crippen LogP contribution is -2.28. The van der Waals surface area contributed by atoms with Crippen molar-refractivity contribution in [3.05, 3.63) is 60.8 Å². The molecule has 0 aliphatic heterocycles. The largest absolute Gasteiger partial charge is 0.462 e. The fourth-order valence-corrected chi connectivity index (χ4v) is 7.25. The van der Waals surface area contributed by atoms with Gasteiger partial charge in [0.2, 0.25) is 0 Å². The van der Waals surface area contributed by atoms with Crippen molar-refractivity contribution in [1.82, 2.24) is 0 Å². The minimum Gasteiger partial charge on any atom is -0.462 e. The van der Waals surface area contributed by atoms with Crippen molar-refractivity contribution in [3.8, 4) is 0 Å². The fourth-order valence-electron chi connectivity index (χ4n) is 7.25. The molecule has 1 N–H and O–H groups in total. The molecule has 0 bridgehead atoms. The van der Waals surface area contributed by atoms with E-state index >= 15 is 0 Å². The predicted octanol–water partition coefficient (Wildman–Crippen LogP) is 16.7. The zero-order valence-electron chi connectivity index (χ0n) is 39.0. The van der Waals surface area contributed by atoms with E-state index in [1.54, 1.807) is 0 Å². The van der Waals surface area contributed by atoms with Crippen LogP contribution < -0.4 is 0 Å². The monoisotopic (exact) mass is 825 g/mol. The van der Waals surface area contributed by atoms with E-state index in [-0.39, 0.29) is 25.2 Å². The summed E-state index contributed by atoms with van der Waals surface area (Å²) < 4.78 is 10.7. The van der Waals surface area contributed by atoms with Gasteiger partial charge in [0.25, 0.3) is 0 Å². The molecule has 5 nitrogen and oxygen atoms in total. The maximum Gasteiger partial charge on any atom is 0.306 e. The van der Waals surface area contributed by atoms with Gasteiger partial charge in [-0.05, 0) is 77.0 Å². The topological polar surface area (TPSA) is 72.8 Å². The molecule has 1 unspecified atom stereocenters. The standard InChI is InChI=1S/C54H96O5/c1-3-5-7-9-11-13-15-17-19-20-21-22-23-24-25-26-27-28-29-30-31-32-33-34-35-37-39-41-43-45-47-49-54(57)59-52(50-55)51-58-53(56)48-46-44-42-40-38-36-18-16-14-12-10-8-6-4-2/h5,7,11,13,16-19,21-22,52,55H,3-4,6,8-10,12,14-15,20,23-51H2,1-2H3/b7-5-,13-11-,18-16-,19-17-,22-21-. The summed E-state index contributed by atoms with van der Waals surface area (Å²) in [4.78, 5) is 24.4. The van der Waals surface area contributed by atoms with E-state index in [0.717, 1.165) is 70.6 Å². The molecule has 0 amide bonds. The molecule has 0 spiro atoms. The minimum absolute atomic E-state index is 0.0685. The van der Waals surface area contributed by atoms with Gasteiger partial charge in [0, 0.05) is 12.8 Å². The summed E-state index contributed by atoms with van der Waals surface area (Å²) in [7, 11) is 0. The number of aliphatic hydroxyl groups is 1. The van der Waals surface area contributed by atoms with Gasteiger partial charge in [-0.2, -0.15) is 0 Å². The number of hydrogen-bond donors (Lipinski definition) is 1. The number of hydrogen-bond acceptors (Lipinski definition) is 5. The first-order valence-electron chi connectivity index (χ1n) is 25.3. The Morgan fingerprint density at radius 2 is 0.729 bits per heavy atom. The Labute approximate surface area is 366 Å². The number of carbonyl (C=O) groups is 2. The van der Waals surface area contributed by atoms with Crippen molar-refractivity contribution in [1.29, 1.82) is 0 Å². The molecule has 59 heavy (non-hydrogen) atoms. The molecule has 0 aromatic rings. The predicted molar refractivity (Wildman–Crippen MR) is 256 cm³/mol. The Balaban J connectivity index is 3.45. The third-order valence-corrected chi connectivity index (χ3v) is 11.0. The average Bonchev–Trinajstić information content (AvgIpc) is 3.24. The van der Waals surface area contributed by atoms with E-state index < -0.39 is 6.10 Å². The van der Waals surface area contributed by atoms with Gasteiger partial charge >= 0.3 is 11.9 Å². The lowest BCUT2D eigenvalue weighted by atomic mass is 10.0. The third kappa shape index (κ3) is 48.1. The number of allylic oxidation sites excluding steroid dienone is 10. The van der Waals surface area contributed by atoms with Crippen molar-refractivity contribution in [2.24, 2.45) is 0 Å². The molecule has 0 fully saturated rings. The van der Waals surface area contributed by atoms with Crippen LogP contribution >= 0.6 is 0 Å². The smallest absolute Gasteiger partial charge is 0.306 e. The molecule has 0 saturated carbocycles. The molecule has 0 aliphatic carbocycles.